The summed E-state index contributed by atoms with van der Waals surface area (Å²) in [6, 6.07) is 16.3. The Bertz CT molecular complexity index is 1240. The van der Waals surface area contributed by atoms with E-state index in [0.29, 0.717) is 33.7 Å². The number of carbonyl (C=O) groups excluding carboxylic acids is 1. The van der Waals surface area contributed by atoms with Crippen LogP contribution < -0.4 is 19.5 Å². The highest BCUT2D eigenvalue weighted by molar-refractivity contribution is 7.99. The third-order valence-electron chi connectivity index (χ3n) is 4.62. The average Bonchev–Trinajstić information content (AvgIpc) is 3.26. The van der Waals surface area contributed by atoms with Crippen LogP contribution in [0.25, 0.3) is 17.0 Å². The van der Waals surface area contributed by atoms with Crippen LogP contribution in [0.3, 0.4) is 0 Å². The number of benzene rings is 2. The molecule has 32 heavy (non-hydrogen) atoms. The number of amides is 1. The number of aromatic nitrogens is 4. The van der Waals surface area contributed by atoms with Gasteiger partial charge in [0.05, 0.1) is 32.8 Å². The Morgan fingerprint density at radius 1 is 0.938 bits per heavy atom. The standard InChI is InChI=1S/C22H21N5O4S/c1-29-15-6-4-14(5-7-15)22-25-24-19-10-11-21(26-27(19)22)32-13-20(28)23-17-12-16(30-2)8-9-18(17)31-3/h4-12H,13H2,1-3H3,(H,23,28). The Kier molecular flexibility index (Phi) is 6.41. The van der Waals surface area contributed by atoms with E-state index in [-0.39, 0.29) is 11.7 Å². The summed E-state index contributed by atoms with van der Waals surface area (Å²) in [5.74, 6) is 2.51. The van der Waals surface area contributed by atoms with Gasteiger partial charge in [0.15, 0.2) is 11.5 Å². The van der Waals surface area contributed by atoms with E-state index in [9.17, 15) is 4.79 Å². The first-order chi connectivity index (χ1) is 15.6. The first-order valence-corrected chi connectivity index (χ1v) is 10.6. The molecule has 164 valence electrons. The SMILES string of the molecule is COc1ccc(-c2nnc3ccc(SCC(=O)Nc4cc(OC)ccc4OC)nn23)cc1. The minimum absolute atomic E-state index is 0.166. The molecule has 0 fully saturated rings. The van der Waals surface area contributed by atoms with Crippen molar-refractivity contribution in [1.82, 2.24) is 19.8 Å². The molecule has 0 radical (unpaired) electrons. The van der Waals surface area contributed by atoms with Crippen molar-refractivity contribution in [2.45, 2.75) is 5.03 Å². The smallest absolute Gasteiger partial charge is 0.234 e. The Hall–Kier alpha value is -3.79. The van der Waals surface area contributed by atoms with E-state index < -0.39 is 0 Å². The summed E-state index contributed by atoms with van der Waals surface area (Å²) in [7, 11) is 4.73. The number of nitrogens with zero attached hydrogens (tertiary/aromatic N) is 4. The first-order valence-electron chi connectivity index (χ1n) is 9.63. The fourth-order valence-corrected chi connectivity index (χ4v) is 3.66. The summed E-state index contributed by atoms with van der Waals surface area (Å²) >= 11 is 1.31. The number of nitrogens with one attached hydrogen (secondary N) is 1. The lowest BCUT2D eigenvalue weighted by Gasteiger charge is -2.11. The molecular formula is C22H21N5O4S. The van der Waals surface area contributed by atoms with E-state index in [0.717, 1.165) is 11.3 Å². The number of methoxy groups -OCH3 is 3. The molecule has 0 saturated heterocycles. The second-order valence-electron chi connectivity index (χ2n) is 6.60. The lowest BCUT2D eigenvalue weighted by molar-refractivity contribution is -0.113. The van der Waals surface area contributed by atoms with E-state index in [2.05, 4.69) is 20.6 Å². The van der Waals surface area contributed by atoms with Crippen LogP contribution in [0.1, 0.15) is 0 Å². The second kappa shape index (κ2) is 9.56. The molecule has 0 aliphatic carbocycles. The zero-order valence-corrected chi connectivity index (χ0v) is 18.5. The summed E-state index contributed by atoms with van der Waals surface area (Å²) in [6.07, 6.45) is 0. The molecule has 0 bridgehead atoms. The molecule has 0 unspecified atom stereocenters. The largest absolute Gasteiger partial charge is 0.497 e. The predicted octanol–water partition coefficient (Wildman–Crippen LogP) is 3.55. The molecule has 0 atom stereocenters. The topological polar surface area (TPSA) is 99.9 Å². The number of hydrogen-bond acceptors (Lipinski definition) is 8. The van der Waals surface area contributed by atoms with Crippen molar-refractivity contribution in [2.75, 3.05) is 32.4 Å². The quantitative estimate of drug-likeness (QED) is 0.406. The van der Waals surface area contributed by atoms with E-state index in [1.807, 2.05) is 36.4 Å². The molecule has 9 nitrogen and oxygen atoms in total. The van der Waals surface area contributed by atoms with Crippen molar-refractivity contribution in [2.24, 2.45) is 0 Å². The van der Waals surface area contributed by atoms with Gasteiger partial charge in [0.1, 0.15) is 22.3 Å². The van der Waals surface area contributed by atoms with E-state index in [1.165, 1.54) is 11.8 Å². The van der Waals surface area contributed by atoms with Gasteiger partial charge in [0.25, 0.3) is 0 Å². The van der Waals surface area contributed by atoms with Gasteiger partial charge in [-0.3, -0.25) is 4.79 Å². The molecule has 2 aromatic heterocycles. The highest BCUT2D eigenvalue weighted by Crippen LogP contribution is 2.29. The van der Waals surface area contributed by atoms with E-state index in [4.69, 9.17) is 14.2 Å². The minimum Gasteiger partial charge on any atom is -0.497 e. The molecule has 2 aromatic carbocycles. The van der Waals surface area contributed by atoms with Gasteiger partial charge in [-0.25, -0.2) is 0 Å². The van der Waals surface area contributed by atoms with Gasteiger partial charge in [0, 0.05) is 11.6 Å². The predicted molar refractivity (Wildman–Crippen MR) is 122 cm³/mol. The highest BCUT2D eigenvalue weighted by Gasteiger charge is 2.13. The van der Waals surface area contributed by atoms with Crippen LogP contribution in [-0.2, 0) is 4.79 Å². The van der Waals surface area contributed by atoms with Crippen molar-refractivity contribution < 1.29 is 19.0 Å². The Morgan fingerprint density at radius 2 is 1.69 bits per heavy atom. The zero-order chi connectivity index (χ0) is 22.5. The van der Waals surface area contributed by atoms with E-state index in [1.54, 1.807) is 44.0 Å². The van der Waals surface area contributed by atoms with Crippen LogP contribution in [0, 0.1) is 0 Å². The maximum absolute atomic E-state index is 12.5. The van der Waals surface area contributed by atoms with Gasteiger partial charge in [-0.15, -0.1) is 10.2 Å². The minimum atomic E-state index is -0.192. The summed E-state index contributed by atoms with van der Waals surface area (Å²) in [5.41, 5.74) is 2.02. The molecule has 0 spiro atoms. The first kappa shape index (κ1) is 21.4. The van der Waals surface area contributed by atoms with Crippen molar-refractivity contribution in [3.63, 3.8) is 0 Å². The van der Waals surface area contributed by atoms with Crippen molar-refractivity contribution in [3.05, 3.63) is 54.6 Å². The Labute approximate surface area is 188 Å². The van der Waals surface area contributed by atoms with Gasteiger partial charge in [-0.1, -0.05) is 11.8 Å². The lowest BCUT2D eigenvalue weighted by atomic mass is 10.2. The van der Waals surface area contributed by atoms with Crippen LogP contribution in [0.2, 0.25) is 0 Å². The van der Waals surface area contributed by atoms with Crippen LogP contribution in [-0.4, -0.2) is 52.8 Å². The molecule has 0 aliphatic rings. The van der Waals surface area contributed by atoms with Crippen LogP contribution in [0.15, 0.2) is 59.6 Å². The average molecular weight is 452 g/mol. The lowest BCUT2D eigenvalue weighted by Crippen LogP contribution is -2.15. The van der Waals surface area contributed by atoms with Gasteiger partial charge in [-0.2, -0.15) is 9.61 Å². The Balaban J connectivity index is 1.48. The number of anilines is 1. The Morgan fingerprint density at radius 3 is 2.41 bits per heavy atom. The summed E-state index contributed by atoms with van der Waals surface area (Å²) in [6.45, 7) is 0. The zero-order valence-electron chi connectivity index (χ0n) is 17.7. The third-order valence-corrected chi connectivity index (χ3v) is 5.54. The number of fused-ring (bicyclic) bond motifs is 1. The summed E-state index contributed by atoms with van der Waals surface area (Å²) in [4.78, 5) is 12.5. The molecule has 4 rings (SSSR count). The van der Waals surface area contributed by atoms with Crippen molar-refractivity contribution in [1.29, 1.82) is 0 Å². The van der Waals surface area contributed by atoms with Gasteiger partial charge in [-0.05, 0) is 48.5 Å². The normalized spacial score (nSPS) is 10.7. The van der Waals surface area contributed by atoms with Gasteiger partial charge < -0.3 is 19.5 Å². The number of rotatable bonds is 8. The molecule has 2 heterocycles. The molecule has 0 aliphatic heterocycles. The molecule has 1 amide bonds. The maximum atomic E-state index is 12.5. The molecule has 0 saturated carbocycles. The third kappa shape index (κ3) is 4.59. The van der Waals surface area contributed by atoms with E-state index >= 15 is 0 Å². The fraction of sp³-hybridized carbons (Fsp3) is 0.182. The van der Waals surface area contributed by atoms with Gasteiger partial charge >= 0.3 is 0 Å². The number of carbonyl (C=O) groups is 1. The summed E-state index contributed by atoms with van der Waals surface area (Å²) in [5, 5.41) is 16.5. The fourth-order valence-electron chi connectivity index (χ4n) is 3.01. The molecular weight excluding hydrogens is 430 g/mol. The molecule has 4 aromatic rings. The van der Waals surface area contributed by atoms with Crippen LogP contribution in [0.5, 0.6) is 17.2 Å². The van der Waals surface area contributed by atoms with Crippen molar-refractivity contribution >= 4 is 29.0 Å². The van der Waals surface area contributed by atoms with Gasteiger partial charge in [0.2, 0.25) is 5.91 Å². The highest BCUT2D eigenvalue weighted by atomic mass is 32.2. The molecule has 10 heteroatoms. The van der Waals surface area contributed by atoms with Crippen LogP contribution in [0.4, 0.5) is 5.69 Å². The monoisotopic (exact) mass is 451 g/mol. The second-order valence-corrected chi connectivity index (χ2v) is 7.59. The molecule has 1 N–H and O–H groups in total. The number of ether oxygens (including phenoxy) is 3. The maximum Gasteiger partial charge on any atom is 0.234 e. The van der Waals surface area contributed by atoms with Crippen molar-refractivity contribution in [3.8, 4) is 28.6 Å². The number of hydrogen-bond donors (Lipinski definition) is 1. The number of thioether (sulfide) groups is 1. The summed E-state index contributed by atoms with van der Waals surface area (Å²) < 4.78 is 17.4. The van der Waals surface area contributed by atoms with Crippen LogP contribution >= 0.6 is 11.8 Å².